The first-order valence-corrected chi connectivity index (χ1v) is 13.5. The van der Waals surface area contributed by atoms with Crippen LogP contribution in [0.4, 0.5) is 0 Å². The summed E-state index contributed by atoms with van der Waals surface area (Å²) in [6.07, 6.45) is 0. The van der Waals surface area contributed by atoms with Crippen molar-refractivity contribution in [3.63, 3.8) is 0 Å². The van der Waals surface area contributed by atoms with E-state index >= 15 is 0 Å². The van der Waals surface area contributed by atoms with Gasteiger partial charge >= 0.3 is 0 Å². The molecule has 0 saturated carbocycles. The summed E-state index contributed by atoms with van der Waals surface area (Å²) in [5.41, 5.74) is 4.61. The number of hydrogen-bond acceptors (Lipinski definition) is 2. The predicted octanol–water partition coefficient (Wildman–Crippen LogP) is 10.1. The van der Waals surface area contributed by atoms with Gasteiger partial charge in [-0.15, -0.1) is 0 Å². The third-order valence-corrected chi connectivity index (χ3v) is 8.28. The number of fused-ring (bicyclic) bond motifs is 10. The summed E-state index contributed by atoms with van der Waals surface area (Å²) in [6, 6.07) is 40.5. The summed E-state index contributed by atoms with van der Waals surface area (Å²) in [5.74, 6) is 1.76. The van der Waals surface area contributed by atoms with E-state index < -0.39 is 0 Å². The maximum Gasteiger partial charge on any atom is 0.128 e. The maximum absolute atomic E-state index is 6.37. The number of halogens is 1. The normalized spacial score (nSPS) is 12.4. The summed E-state index contributed by atoms with van der Waals surface area (Å²) in [7, 11) is 0. The number of hydrogen-bond donors (Lipinski definition) is 0. The molecule has 0 amide bonds. The third-order valence-electron chi connectivity index (χ3n) is 7.91. The van der Waals surface area contributed by atoms with Gasteiger partial charge in [-0.05, 0) is 84.5 Å². The van der Waals surface area contributed by atoms with Crippen LogP contribution in [0.1, 0.15) is 11.1 Å². The first-order valence-electron chi connectivity index (χ1n) is 13.2. The van der Waals surface area contributed by atoms with E-state index in [0.717, 1.165) is 27.6 Å². The predicted molar refractivity (Wildman–Crippen MR) is 162 cm³/mol. The molecule has 0 N–H and O–H groups in total. The smallest absolute Gasteiger partial charge is 0.128 e. The molecule has 186 valence electrons. The summed E-state index contributed by atoms with van der Waals surface area (Å²) in [5, 5.41) is 10.4. The molecule has 0 radical (unpaired) electrons. The average molecular weight is 523 g/mol. The second kappa shape index (κ2) is 8.76. The Morgan fingerprint density at radius 2 is 1.28 bits per heavy atom. The largest absolute Gasteiger partial charge is 0.489 e. The second-order valence-electron chi connectivity index (χ2n) is 10.2. The minimum absolute atomic E-state index is 0.421. The molecular formula is C36H23ClO2. The quantitative estimate of drug-likeness (QED) is 0.215. The van der Waals surface area contributed by atoms with Crippen LogP contribution in [0.2, 0.25) is 5.02 Å². The van der Waals surface area contributed by atoms with Crippen LogP contribution >= 0.6 is 11.6 Å². The van der Waals surface area contributed by atoms with Crippen LogP contribution in [0.15, 0.2) is 115 Å². The van der Waals surface area contributed by atoms with E-state index in [0.29, 0.717) is 13.2 Å². The minimum Gasteiger partial charge on any atom is -0.489 e. The van der Waals surface area contributed by atoms with Crippen LogP contribution < -0.4 is 9.47 Å². The number of rotatable bonds is 3. The molecule has 8 rings (SSSR count). The Morgan fingerprint density at radius 3 is 2.10 bits per heavy atom. The van der Waals surface area contributed by atoms with Gasteiger partial charge in [-0.25, -0.2) is 0 Å². The van der Waals surface area contributed by atoms with E-state index in [1.54, 1.807) is 0 Å². The fourth-order valence-corrected chi connectivity index (χ4v) is 6.15. The molecule has 39 heavy (non-hydrogen) atoms. The first kappa shape index (κ1) is 22.5. The van der Waals surface area contributed by atoms with Crippen LogP contribution in [0, 0.1) is 0 Å². The summed E-state index contributed by atoms with van der Waals surface area (Å²) >= 11 is 6.37. The Labute approximate surface area is 231 Å². The van der Waals surface area contributed by atoms with Gasteiger partial charge in [0, 0.05) is 16.1 Å². The molecule has 0 bridgehead atoms. The highest BCUT2D eigenvalue weighted by Gasteiger charge is 2.19. The van der Waals surface area contributed by atoms with Gasteiger partial charge in [0.25, 0.3) is 0 Å². The molecule has 0 atom stereocenters. The average Bonchev–Trinajstić information content (AvgIpc) is 2.99. The SMILES string of the molecule is Clc1ccccc1COc1ccc2ccc3ccc4ccc5cc6c(cc5c4c3c2c1)OCc1ccccc1-6. The van der Waals surface area contributed by atoms with Crippen molar-refractivity contribution in [1.82, 2.24) is 0 Å². The molecular weight excluding hydrogens is 500 g/mol. The maximum atomic E-state index is 6.37. The Morgan fingerprint density at radius 1 is 0.615 bits per heavy atom. The van der Waals surface area contributed by atoms with E-state index in [1.807, 2.05) is 30.3 Å². The summed E-state index contributed by atoms with van der Waals surface area (Å²) in [6.45, 7) is 1.01. The van der Waals surface area contributed by atoms with Gasteiger partial charge in [0.2, 0.25) is 0 Å². The molecule has 1 aliphatic heterocycles. The van der Waals surface area contributed by atoms with E-state index in [-0.39, 0.29) is 0 Å². The van der Waals surface area contributed by atoms with Crippen molar-refractivity contribution < 1.29 is 9.47 Å². The van der Waals surface area contributed by atoms with Crippen molar-refractivity contribution in [2.75, 3.05) is 0 Å². The Kier molecular flexibility index (Phi) is 5.04. The van der Waals surface area contributed by atoms with Gasteiger partial charge in [-0.1, -0.05) is 96.5 Å². The lowest BCUT2D eigenvalue weighted by atomic mass is 9.90. The molecule has 0 aliphatic carbocycles. The van der Waals surface area contributed by atoms with Crippen LogP contribution in [-0.2, 0) is 13.2 Å². The van der Waals surface area contributed by atoms with Gasteiger partial charge in [-0.2, -0.15) is 0 Å². The topological polar surface area (TPSA) is 18.5 Å². The highest BCUT2D eigenvalue weighted by atomic mass is 35.5. The second-order valence-corrected chi connectivity index (χ2v) is 10.6. The molecule has 0 spiro atoms. The zero-order chi connectivity index (χ0) is 25.9. The molecule has 0 fully saturated rings. The lowest BCUT2D eigenvalue weighted by Gasteiger charge is -2.22. The van der Waals surface area contributed by atoms with Gasteiger partial charge in [0.05, 0.1) is 0 Å². The lowest BCUT2D eigenvalue weighted by Crippen LogP contribution is -2.05. The van der Waals surface area contributed by atoms with Gasteiger partial charge < -0.3 is 9.47 Å². The van der Waals surface area contributed by atoms with Crippen molar-refractivity contribution >= 4 is 54.7 Å². The van der Waals surface area contributed by atoms with Crippen molar-refractivity contribution in [2.45, 2.75) is 13.2 Å². The zero-order valence-electron chi connectivity index (χ0n) is 21.1. The highest BCUT2D eigenvalue weighted by Crippen LogP contribution is 2.44. The van der Waals surface area contributed by atoms with E-state index in [4.69, 9.17) is 21.1 Å². The molecule has 3 heteroatoms. The van der Waals surface area contributed by atoms with E-state index in [1.165, 1.54) is 54.2 Å². The third kappa shape index (κ3) is 3.64. The molecule has 2 nitrogen and oxygen atoms in total. The Hall–Kier alpha value is -4.53. The summed E-state index contributed by atoms with van der Waals surface area (Å²) in [4.78, 5) is 0. The van der Waals surface area contributed by atoms with E-state index in [9.17, 15) is 0 Å². The zero-order valence-corrected chi connectivity index (χ0v) is 21.8. The van der Waals surface area contributed by atoms with Crippen LogP contribution in [0.3, 0.4) is 0 Å². The molecule has 7 aromatic rings. The van der Waals surface area contributed by atoms with Gasteiger partial charge in [0.1, 0.15) is 24.7 Å². The summed E-state index contributed by atoms with van der Waals surface area (Å²) < 4.78 is 12.5. The molecule has 1 heterocycles. The van der Waals surface area contributed by atoms with Crippen molar-refractivity contribution in [1.29, 1.82) is 0 Å². The van der Waals surface area contributed by atoms with Crippen LogP contribution in [-0.4, -0.2) is 0 Å². The van der Waals surface area contributed by atoms with Gasteiger partial charge in [-0.3, -0.25) is 0 Å². The minimum atomic E-state index is 0.421. The monoisotopic (exact) mass is 522 g/mol. The lowest BCUT2D eigenvalue weighted by molar-refractivity contribution is 0.303. The number of ether oxygens (including phenoxy) is 2. The fourth-order valence-electron chi connectivity index (χ4n) is 5.96. The first-order chi connectivity index (χ1) is 19.2. The van der Waals surface area contributed by atoms with Crippen molar-refractivity contribution in [3.8, 4) is 22.6 Å². The molecule has 7 aromatic carbocycles. The van der Waals surface area contributed by atoms with E-state index in [2.05, 4.69) is 84.9 Å². The van der Waals surface area contributed by atoms with Crippen molar-refractivity contribution in [2.24, 2.45) is 0 Å². The van der Waals surface area contributed by atoms with Crippen LogP contribution in [0.25, 0.3) is 54.2 Å². The van der Waals surface area contributed by atoms with Crippen LogP contribution in [0.5, 0.6) is 11.5 Å². The molecule has 0 unspecified atom stereocenters. The Balaban J connectivity index is 1.35. The standard InChI is InChI=1S/C36H23ClO2/c37-33-8-4-2-6-27(33)21-38-28-16-15-22-9-10-23-11-12-24-13-14-25-17-32-29-7-3-1-5-26(29)20-39-34(32)19-31(25)36(24)35(23)30(22)18-28/h1-19H,20-21H2. The number of benzene rings is 7. The highest BCUT2D eigenvalue weighted by molar-refractivity contribution is 6.31. The van der Waals surface area contributed by atoms with Crippen molar-refractivity contribution in [3.05, 3.63) is 131 Å². The fraction of sp³-hybridized carbons (Fsp3) is 0.0556. The Bertz CT molecular complexity index is 2090. The molecule has 1 aliphatic rings. The molecule has 0 aromatic heterocycles. The van der Waals surface area contributed by atoms with Gasteiger partial charge in [0.15, 0.2) is 0 Å². The molecule has 0 saturated heterocycles.